The Bertz CT molecular complexity index is 95.1. The maximum absolute atomic E-state index is 5.06. The van der Waals surface area contributed by atoms with E-state index in [2.05, 4.69) is 25.7 Å². The Hall–Kier alpha value is -0.0800. The fraction of sp³-hybridized carbons (Fsp3) is 1.00. The van der Waals surface area contributed by atoms with E-state index in [-0.39, 0.29) is 0 Å². The summed E-state index contributed by atoms with van der Waals surface area (Å²) in [6, 6.07) is 0. The van der Waals surface area contributed by atoms with E-state index in [0.717, 1.165) is 19.1 Å². The quantitative estimate of drug-likeness (QED) is 0.635. The second-order valence-corrected chi connectivity index (χ2v) is 3.69. The summed E-state index contributed by atoms with van der Waals surface area (Å²) in [5, 5.41) is 0. The lowest BCUT2D eigenvalue weighted by Gasteiger charge is -2.22. The highest BCUT2D eigenvalue weighted by molar-refractivity contribution is 4.58. The topological polar surface area (TPSA) is 12.5 Å². The smallest absolute Gasteiger partial charge is 0.0589 e. The molecule has 2 nitrogen and oxygen atoms in total. The fourth-order valence-electron chi connectivity index (χ4n) is 1.35. The monoisotopic (exact) mass is 263 g/mol. The highest BCUT2D eigenvalue weighted by Crippen LogP contribution is 1.99. The van der Waals surface area contributed by atoms with Gasteiger partial charge in [-0.25, -0.2) is 0 Å². The van der Waals surface area contributed by atoms with Crippen LogP contribution >= 0.6 is 0 Å². The van der Waals surface area contributed by atoms with Crippen LogP contribution in [0.2, 0.25) is 0 Å². The normalized spacial score (nSPS) is 8.67. The van der Waals surface area contributed by atoms with Crippen LogP contribution < -0.4 is 0 Å². The van der Waals surface area contributed by atoms with Crippen LogP contribution in [-0.2, 0) is 4.74 Å². The average Bonchev–Trinajstić information content (AvgIpc) is 2.42. The number of ether oxygens (including phenoxy) is 1. The number of hydrogen-bond acceptors (Lipinski definition) is 2. The molecule has 0 rings (SSSR count). The van der Waals surface area contributed by atoms with E-state index in [1.165, 1.54) is 19.5 Å². The van der Waals surface area contributed by atoms with Crippen LogP contribution in [0, 0.1) is 5.92 Å². The molecule has 116 valence electrons. The Morgan fingerprint density at radius 2 is 1.33 bits per heavy atom. The molecule has 2 heteroatoms. The fourth-order valence-corrected chi connectivity index (χ4v) is 1.35. The van der Waals surface area contributed by atoms with Crippen molar-refractivity contribution >= 4 is 0 Å². The van der Waals surface area contributed by atoms with Gasteiger partial charge in [-0.1, -0.05) is 62.3 Å². The lowest BCUT2D eigenvalue weighted by molar-refractivity contribution is 0.140. The van der Waals surface area contributed by atoms with Crippen molar-refractivity contribution in [1.82, 2.24) is 4.90 Å². The zero-order chi connectivity index (χ0) is 15.4. The third-order valence-corrected chi connectivity index (χ3v) is 1.77. The zero-order valence-corrected chi connectivity index (χ0v) is 15.0. The first kappa shape index (κ1) is 26.5. The maximum atomic E-state index is 5.06. The van der Waals surface area contributed by atoms with Crippen molar-refractivity contribution in [2.45, 2.75) is 68.7 Å². The van der Waals surface area contributed by atoms with Crippen LogP contribution in [0.3, 0.4) is 0 Å². The van der Waals surface area contributed by atoms with Gasteiger partial charge in [-0.2, -0.15) is 0 Å². The van der Waals surface area contributed by atoms with Crippen LogP contribution in [0.25, 0.3) is 0 Å². The zero-order valence-electron chi connectivity index (χ0n) is 15.0. The van der Waals surface area contributed by atoms with Gasteiger partial charge in [0.1, 0.15) is 0 Å². The standard InChI is InChI=1S/C10H23NO.3C2H6/c1-5-6-11(7-8-12-4)9-10(2)3;3*1-2/h10H,5-9H2,1-4H3;3*1-2H3. The van der Waals surface area contributed by atoms with Gasteiger partial charge in [0.05, 0.1) is 6.61 Å². The van der Waals surface area contributed by atoms with Gasteiger partial charge in [0.2, 0.25) is 0 Å². The molecule has 0 saturated carbocycles. The van der Waals surface area contributed by atoms with E-state index < -0.39 is 0 Å². The molecule has 0 aliphatic carbocycles. The van der Waals surface area contributed by atoms with Crippen molar-refractivity contribution in [2.75, 3.05) is 33.4 Å². The molecule has 0 radical (unpaired) electrons. The summed E-state index contributed by atoms with van der Waals surface area (Å²) in [7, 11) is 1.76. The van der Waals surface area contributed by atoms with E-state index in [9.17, 15) is 0 Å². The predicted octanol–water partition coefficient (Wildman–Crippen LogP) is 5.08. The Kier molecular flexibility index (Phi) is 44.4. The summed E-state index contributed by atoms with van der Waals surface area (Å²) in [6.45, 7) is 23.1. The van der Waals surface area contributed by atoms with Crippen LogP contribution in [0.5, 0.6) is 0 Å². The molecule has 0 saturated heterocycles. The Morgan fingerprint density at radius 3 is 1.61 bits per heavy atom. The summed E-state index contributed by atoms with van der Waals surface area (Å²) in [6.07, 6.45) is 1.23. The average molecular weight is 264 g/mol. The molecule has 0 amide bonds. The van der Waals surface area contributed by atoms with Crippen molar-refractivity contribution < 1.29 is 4.74 Å². The van der Waals surface area contributed by atoms with Crippen molar-refractivity contribution in [1.29, 1.82) is 0 Å². The molecular weight excluding hydrogens is 222 g/mol. The first-order chi connectivity index (χ1) is 8.70. The molecular formula is C16H41NO. The van der Waals surface area contributed by atoms with Gasteiger partial charge in [0.25, 0.3) is 0 Å². The lowest BCUT2D eigenvalue weighted by Crippen LogP contribution is -2.31. The number of nitrogens with zero attached hydrogens (tertiary/aromatic N) is 1. The van der Waals surface area contributed by atoms with Crippen molar-refractivity contribution in [3.8, 4) is 0 Å². The maximum Gasteiger partial charge on any atom is 0.0589 e. The molecule has 0 atom stereocenters. The van der Waals surface area contributed by atoms with Crippen LogP contribution in [0.1, 0.15) is 68.7 Å². The second-order valence-electron chi connectivity index (χ2n) is 3.69. The van der Waals surface area contributed by atoms with E-state index in [0.29, 0.717) is 0 Å². The summed E-state index contributed by atoms with van der Waals surface area (Å²) in [4.78, 5) is 2.47. The molecule has 0 aromatic heterocycles. The minimum atomic E-state index is 0.758. The van der Waals surface area contributed by atoms with Crippen LogP contribution in [0.15, 0.2) is 0 Å². The van der Waals surface area contributed by atoms with Crippen molar-refractivity contribution in [3.63, 3.8) is 0 Å². The highest BCUT2D eigenvalue weighted by Gasteiger charge is 2.04. The minimum absolute atomic E-state index is 0.758. The molecule has 0 unspecified atom stereocenters. The molecule has 0 aliphatic heterocycles. The molecule has 0 fully saturated rings. The Balaban J connectivity index is -0.000000141. The third-order valence-electron chi connectivity index (χ3n) is 1.77. The summed E-state index contributed by atoms with van der Waals surface area (Å²) >= 11 is 0. The van der Waals surface area contributed by atoms with Gasteiger partial charge >= 0.3 is 0 Å². The molecule has 0 heterocycles. The summed E-state index contributed by atoms with van der Waals surface area (Å²) < 4.78 is 5.06. The SMILES string of the molecule is CC.CC.CC.CCCN(CCOC)CC(C)C. The number of methoxy groups -OCH3 is 1. The summed E-state index contributed by atoms with van der Waals surface area (Å²) in [5.41, 5.74) is 0. The molecule has 0 spiro atoms. The van der Waals surface area contributed by atoms with Gasteiger partial charge < -0.3 is 9.64 Å². The first-order valence-electron chi connectivity index (χ1n) is 7.92. The van der Waals surface area contributed by atoms with E-state index >= 15 is 0 Å². The van der Waals surface area contributed by atoms with Gasteiger partial charge in [-0.15, -0.1) is 0 Å². The molecule has 0 N–H and O–H groups in total. The Labute approximate surface area is 118 Å². The molecule has 0 aliphatic rings. The van der Waals surface area contributed by atoms with Crippen molar-refractivity contribution in [3.05, 3.63) is 0 Å². The summed E-state index contributed by atoms with van der Waals surface area (Å²) in [5.74, 6) is 0.758. The van der Waals surface area contributed by atoms with Gasteiger partial charge in [-0.3, -0.25) is 0 Å². The van der Waals surface area contributed by atoms with Gasteiger partial charge in [0, 0.05) is 20.2 Å². The lowest BCUT2D eigenvalue weighted by atomic mass is 10.2. The van der Waals surface area contributed by atoms with Crippen molar-refractivity contribution in [2.24, 2.45) is 5.92 Å². The van der Waals surface area contributed by atoms with Crippen LogP contribution in [-0.4, -0.2) is 38.3 Å². The minimum Gasteiger partial charge on any atom is -0.383 e. The number of hydrogen-bond donors (Lipinski definition) is 0. The van der Waals surface area contributed by atoms with Crippen LogP contribution in [0.4, 0.5) is 0 Å². The largest absolute Gasteiger partial charge is 0.383 e. The Morgan fingerprint density at radius 1 is 0.889 bits per heavy atom. The van der Waals surface area contributed by atoms with E-state index in [1.807, 2.05) is 41.5 Å². The molecule has 18 heavy (non-hydrogen) atoms. The van der Waals surface area contributed by atoms with E-state index in [4.69, 9.17) is 4.74 Å². The highest BCUT2D eigenvalue weighted by atomic mass is 16.5. The first-order valence-corrected chi connectivity index (χ1v) is 7.92. The predicted molar refractivity (Wildman–Crippen MR) is 87.5 cm³/mol. The molecule has 0 aromatic rings. The molecule has 0 aromatic carbocycles. The number of rotatable bonds is 7. The van der Waals surface area contributed by atoms with Gasteiger partial charge in [0.15, 0.2) is 0 Å². The van der Waals surface area contributed by atoms with Gasteiger partial charge in [-0.05, 0) is 18.9 Å². The molecule has 0 bridgehead atoms. The second kappa shape index (κ2) is 30.2. The van der Waals surface area contributed by atoms with E-state index in [1.54, 1.807) is 7.11 Å². The third kappa shape index (κ3) is 29.7.